The molecule has 2 aromatic heterocycles. The number of allylic oxidation sites excluding steroid dienone is 1. The lowest BCUT2D eigenvalue weighted by Gasteiger charge is -2.43. The van der Waals surface area contributed by atoms with Gasteiger partial charge < -0.3 is 15.4 Å². The molecule has 2 N–H and O–H groups in total. The van der Waals surface area contributed by atoms with Gasteiger partial charge in [0.05, 0.1) is 23.8 Å². The van der Waals surface area contributed by atoms with Crippen molar-refractivity contribution in [1.82, 2.24) is 14.9 Å². The monoisotopic (exact) mass is 497 g/mol. The van der Waals surface area contributed by atoms with Crippen molar-refractivity contribution in [3.63, 3.8) is 0 Å². The van der Waals surface area contributed by atoms with Crippen LogP contribution in [0.1, 0.15) is 24.6 Å². The Morgan fingerprint density at radius 3 is 2.60 bits per heavy atom. The molecule has 12 heteroatoms. The fourth-order valence-electron chi connectivity index (χ4n) is 3.82. The number of aromatic nitrogens is 2. The van der Waals surface area contributed by atoms with E-state index in [4.69, 9.17) is 10.5 Å². The number of amides is 1. The quantitative estimate of drug-likeness (QED) is 0.372. The molecule has 0 radical (unpaired) electrons. The molecule has 3 rings (SSSR count). The van der Waals surface area contributed by atoms with E-state index in [0.717, 1.165) is 17.0 Å². The maximum atomic E-state index is 14.4. The Balaban J connectivity index is 1.88. The maximum absolute atomic E-state index is 14.4. The van der Waals surface area contributed by atoms with Gasteiger partial charge in [0, 0.05) is 43.7 Å². The molecule has 1 fully saturated rings. The van der Waals surface area contributed by atoms with Crippen molar-refractivity contribution in [1.29, 1.82) is 0 Å². The lowest BCUT2D eigenvalue weighted by molar-refractivity contribution is -0.151. The largest absolute Gasteiger partial charge is 0.475 e. The summed E-state index contributed by atoms with van der Waals surface area (Å²) in [4.78, 5) is 25.9. The van der Waals surface area contributed by atoms with E-state index in [1.807, 2.05) is 0 Å². The first-order valence-corrected chi connectivity index (χ1v) is 10.6. The van der Waals surface area contributed by atoms with Gasteiger partial charge in [-0.1, -0.05) is 13.0 Å². The maximum Gasteiger partial charge on any atom is 0.417 e. The van der Waals surface area contributed by atoms with Gasteiger partial charge in [0.25, 0.3) is 11.8 Å². The van der Waals surface area contributed by atoms with Crippen LogP contribution in [-0.2, 0) is 11.0 Å². The number of aliphatic imine (C=N–C) groups is 1. The van der Waals surface area contributed by atoms with Crippen LogP contribution < -0.4 is 10.5 Å². The van der Waals surface area contributed by atoms with Crippen molar-refractivity contribution in [2.24, 2.45) is 16.6 Å². The predicted octanol–water partition coefficient (Wildman–Crippen LogP) is 3.82. The van der Waals surface area contributed by atoms with E-state index in [2.05, 4.69) is 15.0 Å². The van der Waals surface area contributed by atoms with E-state index in [0.29, 0.717) is 11.9 Å². The predicted molar refractivity (Wildman–Crippen MR) is 119 cm³/mol. The van der Waals surface area contributed by atoms with Crippen LogP contribution in [0.4, 0.5) is 22.0 Å². The Labute approximate surface area is 198 Å². The summed E-state index contributed by atoms with van der Waals surface area (Å²) in [5.74, 6) is -4.86. The molecule has 1 aliphatic heterocycles. The SMILES string of the molecule is CN=CC(=C(N)C(=O)N1CC(F)(F)CC(C)[C@H]1COc1ccc(C(F)(F)F)cn1)c1ccccn1. The molecular weight excluding hydrogens is 473 g/mol. The number of rotatable bonds is 6. The molecule has 0 saturated carbocycles. The van der Waals surface area contributed by atoms with Crippen LogP contribution in [0.5, 0.6) is 5.88 Å². The fraction of sp³-hybridized carbons (Fsp3) is 0.391. The Kier molecular flexibility index (Phi) is 7.71. The molecule has 3 heterocycles. The van der Waals surface area contributed by atoms with Crippen LogP contribution in [0.2, 0.25) is 0 Å². The summed E-state index contributed by atoms with van der Waals surface area (Å²) in [7, 11) is 1.46. The van der Waals surface area contributed by atoms with E-state index in [1.54, 1.807) is 18.2 Å². The van der Waals surface area contributed by atoms with E-state index in [9.17, 15) is 26.7 Å². The molecule has 35 heavy (non-hydrogen) atoms. The molecule has 1 amide bonds. The average molecular weight is 497 g/mol. The van der Waals surface area contributed by atoms with Crippen LogP contribution in [0, 0.1) is 5.92 Å². The summed E-state index contributed by atoms with van der Waals surface area (Å²) in [6, 6.07) is 5.93. The average Bonchev–Trinajstić information content (AvgIpc) is 2.80. The molecule has 7 nitrogen and oxygen atoms in total. The van der Waals surface area contributed by atoms with Gasteiger partial charge in [0.1, 0.15) is 12.3 Å². The minimum absolute atomic E-state index is 0.134. The standard InChI is InChI=1S/C23H24F5N5O2/c1-14-9-22(24,25)13-33(18(14)12-35-19-7-6-15(10-32-19)23(26,27)28)21(34)20(29)16(11-30-2)17-5-3-4-8-31-17/h3-8,10-11,14,18H,9,12-13,29H2,1-2H3/t14?,18-/m1/s1. The van der Waals surface area contributed by atoms with Crippen molar-refractivity contribution in [2.75, 3.05) is 20.2 Å². The summed E-state index contributed by atoms with van der Waals surface area (Å²) in [5.41, 5.74) is 5.35. The number of hydrogen-bond donors (Lipinski definition) is 1. The van der Waals surface area contributed by atoms with E-state index in [-0.39, 0.29) is 23.8 Å². The van der Waals surface area contributed by atoms with Gasteiger partial charge in [0.2, 0.25) is 5.88 Å². The Hall–Kier alpha value is -3.57. The highest BCUT2D eigenvalue weighted by molar-refractivity contribution is 6.17. The van der Waals surface area contributed by atoms with Crippen molar-refractivity contribution in [3.05, 3.63) is 59.7 Å². The third-order valence-corrected chi connectivity index (χ3v) is 5.53. The van der Waals surface area contributed by atoms with Crippen LogP contribution in [0.3, 0.4) is 0 Å². The second-order valence-corrected chi connectivity index (χ2v) is 8.16. The summed E-state index contributed by atoms with van der Waals surface area (Å²) in [6.45, 7) is 0.369. The number of carbonyl (C=O) groups excluding carboxylic acids is 1. The number of carbonyl (C=O) groups is 1. The number of likely N-dealkylation sites (tertiary alicyclic amines) is 1. The van der Waals surface area contributed by atoms with Crippen molar-refractivity contribution >= 4 is 17.7 Å². The minimum Gasteiger partial charge on any atom is -0.475 e. The molecule has 0 spiro atoms. The normalized spacial score (nSPS) is 21.1. The summed E-state index contributed by atoms with van der Waals surface area (Å²) in [6.07, 6.45) is -1.64. The minimum atomic E-state index is -4.56. The summed E-state index contributed by atoms with van der Waals surface area (Å²) in [5, 5.41) is 0. The van der Waals surface area contributed by atoms with Crippen LogP contribution in [-0.4, -0.2) is 59.2 Å². The first kappa shape index (κ1) is 26.0. The lowest BCUT2D eigenvalue weighted by Crippen LogP contribution is -2.58. The van der Waals surface area contributed by atoms with Crippen molar-refractivity contribution in [2.45, 2.75) is 31.5 Å². The van der Waals surface area contributed by atoms with Crippen molar-refractivity contribution in [3.8, 4) is 5.88 Å². The lowest BCUT2D eigenvalue weighted by atomic mass is 9.88. The van der Waals surface area contributed by atoms with Crippen LogP contribution in [0.25, 0.3) is 5.57 Å². The zero-order chi connectivity index (χ0) is 25.8. The molecule has 1 unspecified atom stereocenters. The van der Waals surface area contributed by atoms with E-state index >= 15 is 0 Å². The number of pyridine rings is 2. The molecule has 0 aliphatic carbocycles. The van der Waals surface area contributed by atoms with E-state index in [1.165, 1.54) is 26.4 Å². The highest BCUT2D eigenvalue weighted by Crippen LogP contribution is 2.35. The molecule has 1 saturated heterocycles. The first-order valence-electron chi connectivity index (χ1n) is 10.6. The number of hydrogen-bond acceptors (Lipinski definition) is 6. The summed E-state index contributed by atoms with van der Waals surface area (Å²) < 4.78 is 72.6. The van der Waals surface area contributed by atoms with Gasteiger partial charge in [-0.15, -0.1) is 0 Å². The third kappa shape index (κ3) is 6.31. The zero-order valence-electron chi connectivity index (χ0n) is 19.0. The first-order chi connectivity index (χ1) is 16.4. The number of ether oxygens (including phenoxy) is 1. The second kappa shape index (κ2) is 10.4. The van der Waals surface area contributed by atoms with Gasteiger partial charge in [-0.25, -0.2) is 13.8 Å². The number of piperidine rings is 1. The third-order valence-electron chi connectivity index (χ3n) is 5.53. The molecule has 0 bridgehead atoms. The summed E-state index contributed by atoms with van der Waals surface area (Å²) >= 11 is 0. The fourth-order valence-corrected chi connectivity index (χ4v) is 3.82. The van der Waals surface area contributed by atoms with Gasteiger partial charge in [-0.3, -0.25) is 14.8 Å². The number of nitrogens with zero attached hydrogens (tertiary/aromatic N) is 4. The Morgan fingerprint density at radius 1 is 1.29 bits per heavy atom. The molecule has 2 aromatic rings. The smallest absolute Gasteiger partial charge is 0.417 e. The molecule has 1 aliphatic rings. The van der Waals surface area contributed by atoms with Crippen molar-refractivity contribution < 1.29 is 31.5 Å². The van der Waals surface area contributed by atoms with E-state index < -0.39 is 48.5 Å². The number of halogens is 5. The molecule has 2 atom stereocenters. The molecule has 188 valence electrons. The second-order valence-electron chi connectivity index (χ2n) is 8.16. The van der Waals surface area contributed by atoms with Gasteiger partial charge in [-0.2, -0.15) is 13.2 Å². The molecular formula is C23H24F5N5O2. The Morgan fingerprint density at radius 2 is 2.03 bits per heavy atom. The van der Waals surface area contributed by atoms with Crippen LogP contribution >= 0.6 is 0 Å². The number of alkyl halides is 5. The van der Waals surface area contributed by atoms with Crippen LogP contribution in [0.15, 0.2) is 53.4 Å². The topological polar surface area (TPSA) is 93.7 Å². The highest BCUT2D eigenvalue weighted by Gasteiger charge is 2.47. The Bertz CT molecular complexity index is 1090. The number of nitrogens with two attached hydrogens (primary N) is 1. The highest BCUT2D eigenvalue weighted by atomic mass is 19.4. The zero-order valence-corrected chi connectivity index (χ0v) is 19.0. The molecule has 0 aromatic carbocycles. The van der Waals surface area contributed by atoms with Gasteiger partial charge >= 0.3 is 6.18 Å². The van der Waals surface area contributed by atoms with Gasteiger partial charge in [0.15, 0.2) is 0 Å². The van der Waals surface area contributed by atoms with Gasteiger partial charge in [-0.05, 0) is 24.1 Å².